The number of benzene rings is 3. The molecule has 0 aromatic heterocycles. The van der Waals surface area contributed by atoms with Crippen molar-refractivity contribution in [3.63, 3.8) is 0 Å². The van der Waals surface area contributed by atoms with Gasteiger partial charge >= 0.3 is 6.03 Å². The smallest absolute Gasteiger partial charge is 0.324 e. The molecular weight excluding hydrogens is 380 g/mol. The Bertz CT molecular complexity index is 1070. The van der Waals surface area contributed by atoms with E-state index in [1.165, 1.54) is 0 Å². The van der Waals surface area contributed by atoms with Crippen molar-refractivity contribution in [1.29, 1.82) is 0 Å². The van der Waals surface area contributed by atoms with Gasteiger partial charge in [0, 0.05) is 22.6 Å². The normalized spacial score (nSPS) is 13.1. The molecule has 0 aliphatic carbocycles. The number of hydrogen-bond acceptors (Lipinski definition) is 4. The van der Waals surface area contributed by atoms with Gasteiger partial charge in [-0.2, -0.15) is 0 Å². The van der Waals surface area contributed by atoms with E-state index in [1.807, 2.05) is 54.6 Å². The van der Waals surface area contributed by atoms with Gasteiger partial charge in [0.25, 0.3) is 5.91 Å². The van der Waals surface area contributed by atoms with E-state index >= 15 is 0 Å². The summed E-state index contributed by atoms with van der Waals surface area (Å²) in [6.07, 6.45) is 0. The molecule has 4 rings (SSSR count). The summed E-state index contributed by atoms with van der Waals surface area (Å²) in [5.41, 5.74) is 3.53. The number of carbonyl (C=O) groups excluding carboxylic acids is 3. The van der Waals surface area contributed by atoms with Crippen LogP contribution in [0, 0.1) is 0 Å². The highest BCUT2D eigenvalue weighted by Gasteiger charge is 2.29. The predicted molar refractivity (Wildman–Crippen MR) is 115 cm³/mol. The van der Waals surface area contributed by atoms with Crippen molar-refractivity contribution in [3.05, 3.63) is 90.0 Å². The molecule has 1 aliphatic rings. The van der Waals surface area contributed by atoms with Crippen LogP contribution in [0.25, 0.3) is 0 Å². The Morgan fingerprint density at radius 3 is 2.17 bits per heavy atom. The van der Waals surface area contributed by atoms with E-state index in [1.54, 1.807) is 24.3 Å². The van der Waals surface area contributed by atoms with E-state index in [9.17, 15) is 14.4 Å². The Morgan fingerprint density at radius 1 is 0.833 bits per heavy atom. The lowest BCUT2D eigenvalue weighted by Gasteiger charge is -2.15. The summed E-state index contributed by atoms with van der Waals surface area (Å²) in [4.78, 5) is 37.6. The molecule has 0 radical (unpaired) electrons. The quantitative estimate of drug-likeness (QED) is 0.550. The molecule has 3 aromatic rings. The van der Waals surface area contributed by atoms with Gasteiger partial charge in [-0.3, -0.25) is 14.5 Å². The zero-order valence-electron chi connectivity index (χ0n) is 16.1. The topological polar surface area (TPSA) is 90.5 Å². The van der Waals surface area contributed by atoms with Crippen LogP contribution < -0.4 is 16.0 Å². The van der Waals surface area contributed by atoms with Gasteiger partial charge in [-0.05, 0) is 48.0 Å². The van der Waals surface area contributed by atoms with Crippen LogP contribution >= 0.6 is 0 Å². The molecule has 0 saturated carbocycles. The molecule has 3 N–H and O–H groups in total. The molecule has 7 heteroatoms. The van der Waals surface area contributed by atoms with Gasteiger partial charge < -0.3 is 16.0 Å². The van der Waals surface area contributed by atoms with E-state index in [2.05, 4.69) is 16.0 Å². The molecule has 1 heterocycles. The van der Waals surface area contributed by atoms with Gasteiger partial charge in [0.15, 0.2) is 0 Å². The highest BCUT2D eigenvalue weighted by Crippen LogP contribution is 2.20. The van der Waals surface area contributed by atoms with Crippen molar-refractivity contribution in [2.45, 2.75) is 6.54 Å². The number of carbonyl (C=O) groups is 3. The van der Waals surface area contributed by atoms with E-state index in [0.717, 1.165) is 16.3 Å². The minimum absolute atomic E-state index is 0.0173. The summed E-state index contributed by atoms with van der Waals surface area (Å²) in [6, 6.07) is 23.7. The summed E-state index contributed by atoms with van der Waals surface area (Å²) >= 11 is 0. The fourth-order valence-electron chi connectivity index (χ4n) is 3.19. The zero-order chi connectivity index (χ0) is 20.9. The first-order valence-corrected chi connectivity index (χ1v) is 9.50. The van der Waals surface area contributed by atoms with Gasteiger partial charge in [-0.25, -0.2) is 4.79 Å². The number of urea groups is 1. The number of imide groups is 1. The first-order valence-electron chi connectivity index (χ1n) is 9.50. The Hall–Kier alpha value is -4.13. The van der Waals surface area contributed by atoms with Gasteiger partial charge in [0.1, 0.15) is 0 Å². The number of anilines is 3. The fraction of sp³-hybridized carbons (Fsp3) is 0.0870. The SMILES string of the molecule is O=C(Nc1ccc(Nc2ccccc2)cc1)c1ccccc1CN1C(=O)CNC1=O. The molecule has 0 bridgehead atoms. The van der Waals surface area contributed by atoms with Crippen molar-refractivity contribution in [1.82, 2.24) is 10.2 Å². The summed E-state index contributed by atoms with van der Waals surface area (Å²) in [7, 11) is 0. The average Bonchev–Trinajstić information content (AvgIpc) is 3.08. The van der Waals surface area contributed by atoms with Crippen molar-refractivity contribution in [3.8, 4) is 0 Å². The van der Waals surface area contributed by atoms with E-state index in [0.29, 0.717) is 16.8 Å². The summed E-state index contributed by atoms with van der Waals surface area (Å²) in [6.45, 7) is 0.0325. The van der Waals surface area contributed by atoms with Crippen molar-refractivity contribution in [2.75, 3.05) is 17.2 Å². The van der Waals surface area contributed by atoms with Gasteiger partial charge in [0.05, 0.1) is 13.1 Å². The molecule has 0 spiro atoms. The molecule has 7 nitrogen and oxygen atoms in total. The van der Waals surface area contributed by atoms with Crippen LogP contribution in [0.1, 0.15) is 15.9 Å². The lowest BCUT2D eigenvalue weighted by atomic mass is 10.1. The Balaban J connectivity index is 1.45. The largest absolute Gasteiger partial charge is 0.356 e. The van der Waals surface area contributed by atoms with Gasteiger partial charge in [-0.15, -0.1) is 0 Å². The summed E-state index contributed by atoms with van der Waals surface area (Å²) in [5, 5.41) is 8.63. The van der Waals surface area contributed by atoms with Crippen LogP contribution in [0.4, 0.5) is 21.9 Å². The summed E-state index contributed by atoms with van der Waals surface area (Å²) in [5.74, 6) is -0.613. The third kappa shape index (κ3) is 4.30. The van der Waals surface area contributed by atoms with Crippen LogP contribution in [0.3, 0.4) is 0 Å². The number of rotatable bonds is 6. The third-order valence-corrected chi connectivity index (χ3v) is 4.73. The highest BCUT2D eigenvalue weighted by molar-refractivity contribution is 6.06. The van der Waals surface area contributed by atoms with Crippen LogP contribution in [0.15, 0.2) is 78.9 Å². The van der Waals surface area contributed by atoms with Crippen LogP contribution in [0.5, 0.6) is 0 Å². The first-order chi connectivity index (χ1) is 14.6. The van der Waals surface area contributed by atoms with Crippen molar-refractivity contribution < 1.29 is 14.4 Å². The lowest BCUT2D eigenvalue weighted by molar-refractivity contribution is -0.125. The maximum absolute atomic E-state index is 12.8. The van der Waals surface area contributed by atoms with Crippen molar-refractivity contribution in [2.24, 2.45) is 0 Å². The zero-order valence-corrected chi connectivity index (χ0v) is 16.1. The van der Waals surface area contributed by atoms with Gasteiger partial charge in [0.2, 0.25) is 5.91 Å². The average molecular weight is 400 g/mol. The van der Waals surface area contributed by atoms with E-state index < -0.39 is 6.03 Å². The number of nitrogens with one attached hydrogen (secondary N) is 3. The fourth-order valence-corrected chi connectivity index (χ4v) is 3.19. The molecule has 0 atom stereocenters. The molecule has 1 saturated heterocycles. The van der Waals surface area contributed by atoms with Crippen molar-refractivity contribution >= 4 is 34.9 Å². The standard InChI is InChI=1S/C23H20N4O3/c28-21-14-24-23(30)27(21)15-16-6-4-5-9-20(16)22(29)26-19-12-10-18(11-13-19)25-17-7-2-1-3-8-17/h1-13,25H,14-15H2,(H,24,30)(H,26,29). The number of hydrogen-bond donors (Lipinski definition) is 3. The minimum Gasteiger partial charge on any atom is -0.356 e. The molecule has 4 amide bonds. The first kappa shape index (κ1) is 19.2. The summed E-state index contributed by atoms with van der Waals surface area (Å²) < 4.78 is 0. The second-order valence-electron chi connectivity index (χ2n) is 6.82. The number of amides is 4. The van der Waals surface area contributed by atoms with Crippen LogP contribution in [0.2, 0.25) is 0 Å². The molecule has 3 aromatic carbocycles. The third-order valence-electron chi connectivity index (χ3n) is 4.73. The number of para-hydroxylation sites is 1. The number of nitrogens with zero attached hydrogens (tertiary/aromatic N) is 1. The lowest BCUT2D eigenvalue weighted by Crippen LogP contribution is -2.31. The maximum atomic E-state index is 12.8. The highest BCUT2D eigenvalue weighted by atomic mass is 16.2. The van der Waals surface area contributed by atoms with Crippen LogP contribution in [-0.4, -0.2) is 29.3 Å². The second-order valence-corrected chi connectivity index (χ2v) is 6.82. The molecule has 30 heavy (non-hydrogen) atoms. The molecule has 1 fully saturated rings. The Kier molecular flexibility index (Phi) is 5.43. The van der Waals surface area contributed by atoms with Crippen LogP contribution in [-0.2, 0) is 11.3 Å². The molecule has 1 aliphatic heterocycles. The van der Waals surface area contributed by atoms with E-state index in [-0.39, 0.29) is 24.9 Å². The Morgan fingerprint density at radius 2 is 1.47 bits per heavy atom. The second kappa shape index (κ2) is 8.48. The minimum atomic E-state index is -0.447. The Labute approximate surface area is 173 Å². The predicted octanol–water partition coefficient (Wildman–Crippen LogP) is 3.73. The molecule has 0 unspecified atom stereocenters. The van der Waals surface area contributed by atoms with Gasteiger partial charge in [-0.1, -0.05) is 36.4 Å². The van der Waals surface area contributed by atoms with E-state index in [4.69, 9.17) is 0 Å². The molecular formula is C23H20N4O3. The molecule has 150 valence electrons. The maximum Gasteiger partial charge on any atom is 0.324 e. The monoisotopic (exact) mass is 400 g/mol.